The molecule has 1 saturated carbocycles. The van der Waals surface area contributed by atoms with Gasteiger partial charge in [-0.05, 0) is 73.1 Å². The quantitative estimate of drug-likeness (QED) is 0.914. The fraction of sp³-hybridized carbons (Fsp3) is 0.409. The molecule has 25 heavy (non-hydrogen) atoms. The van der Waals surface area contributed by atoms with Crippen LogP contribution in [0.15, 0.2) is 42.5 Å². The number of benzene rings is 2. The van der Waals surface area contributed by atoms with E-state index in [2.05, 4.69) is 12.1 Å². The summed E-state index contributed by atoms with van der Waals surface area (Å²) >= 11 is 0. The minimum Gasteiger partial charge on any atom is -0.508 e. The van der Waals surface area contributed by atoms with Gasteiger partial charge >= 0.3 is 0 Å². The number of phenolic OH excluding ortho intramolecular Hbond substituents is 1. The standard InChI is InChI=1S/C22H24O3/c1-25-18-9-11-19-16(13-18)6-10-20-21(24)3-2-12-22(19,20)14-15-4-7-17(23)8-5-15/h4-5,7-9,11,13,20,23H,2-3,6,10,12,14H2,1H3. The molecule has 4 rings (SSSR count). The summed E-state index contributed by atoms with van der Waals surface area (Å²) in [7, 11) is 1.70. The van der Waals surface area contributed by atoms with Gasteiger partial charge in [-0.25, -0.2) is 0 Å². The Labute approximate surface area is 148 Å². The van der Waals surface area contributed by atoms with E-state index in [1.165, 1.54) is 16.7 Å². The van der Waals surface area contributed by atoms with Crippen LogP contribution in [0.5, 0.6) is 11.5 Å². The fourth-order valence-corrected chi connectivity index (χ4v) is 4.97. The molecule has 0 spiro atoms. The largest absolute Gasteiger partial charge is 0.508 e. The molecule has 130 valence electrons. The third kappa shape index (κ3) is 2.72. The van der Waals surface area contributed by atoms with Gasteiger partial charge in [0.2, 0.25) is 0 Å². The van der Waals surface area contributed by atoms with Crippen LogP contribution < -0.4 is 4.74 Å². The topological polar surface area (TPSA) is 46.5 Å². The Morgan fingerprint density at radius 2 is 1.96 bits per heavy atom. The van der Waals surface area contributed by atoms with Crippen LogP contribution in [0, 0.1) is 5.92 Å². The highest BCUT2D eigenvalue weighted by Gasteiger charge is 2.49. The zero-order valence-electron chi connectivity index (χ0n) is 14.6. The van der Waals surface area contributed by atoms with Crippen molar-refractivity contribution < 1.29 is 14.6 Å². The van der Waals surface area contributed by atoms with Crippen molar-refractivity contribution in [3.63, 3.8) is 0 Å². The van der Waals surface area contributed by atoms with Crippen molar-refractivity contribution in [2.24, 2.45) is 5.92 Å². The Balaban J connectivity index is 1.81. The van der Waals surface area contributed by atoms with E-state index in [0.717, 1.165) is 37.9 Å². The molecule has 0 bridgehead atoms. The Morgan fingerprint density at radius 1 is 1.16 bits per heavy atom. The molecule has 2 aliphatic carbocycles. The van der Waals surface area contributed by atoms with Gasteiger partial charge in [0.25, 0.3) is 0 Å². The predicted octanol–water partition coefficient (Wildman–Crippen LogP) is 4.20. The van der Waals surface area contributed by atoms with Crippen molar-refractivity contribution in [1.82, 2.24) is 0 Å². The van der Waals surface area contributed by atoms with Crippen LogP contribution in [0.2, 0.25) is 0 Å². The van der Waals surface area contributed by atoms with Crippen molar-refractivity contribution in [3.05, 3.63) is 59.2 Å². The highest BCUT2D eigenvalue weighted by atomic mass is 16.5. The Kier molecular flexibility index (Phi) is 4.03. The van der Waals surface area contributed by atoms with E-state index in [4.69, 9.17) is 4.74 Å². The Bertz CT molecular complexity index is 793. The summed E-state index contributed by atoms with van der Waals surface area (Å²) in [5.41, 5.74) is 3.71. The van der Waals surface area contributed by atoms with E-state index in [1.54, 1.807) is 19.2 Å². The van der Waals surface area contributed by atoms with E-state index in [0.29, 0.717) is 12.2 Å². The van der Waals surface area contributed by atoms with Crippen molar-refractivity contribution in [2.75, 3.05) is 7.11 Å². The second-order valence-electron chi connectivity index (χ2n) is 7.43. The summed E-state index contributed by atoms with van der Waals surface area (Å²) < 4.78 is 5.41. The SMILES string of the molecule is COc1ccc2c(c1)CCC1C(=O)CCCC21Cc1ccc(O)cc1. The van der Waals surface area contributed by atoms with Gasteiger partial charge in [0, 0.05) is 17.8 Å². The van der Waals surface area contributed by atoms with Crippen LogP contribution in [0.1, 0.15) is 42.4 Å². The van der Waals surface area contributed by atoms with Crippen molar-refractivity contribution in [3.8, 4) is 11.5 Å². The van der Waals surface area contributed by atoms with Gasteiger partial charge in [-0.1, -0.05) is 18.2 Å². The van der Waals surface area contributed by atoms with E-state index in [-0.39, 0.29) is 17.1 Å². The van der Waals surface area contributed by atoms with Gasteiger partial charge in [0.1, 0.15) is 17.3 Å². The number of aryl methyl sites for hydroxylation is 1. The monoisotopic (exact) mass is 336 g/mol. The van der Waals surface area contributed by atoms with Crippen molar-refractivity contribution in [2.45, 2.75) is 43.9 Å². The van der Waals surface area contributed by atoms with E-state index >= 15 is 0 Å². The zero-order valence-corrected chi connectivity index (χ0v) is 14.6. The van der Waals surface area contributed by atoms with Crippen molar-refractivity contribution in [1.29, 1.82) is 0 Å². The summed E-state index contributed by atoms with van der Waals surface area (Å²) in [4.78, 5) is 12.7. The average molecular weight is 336 g/mol. The van der Waals surface area contributed by atoms with E-state index in [9.17, 15) is 9.90 Å². The summed E-state index contributed by atoms with van der Waals surface area (Å²) in [6.45, 7) is 0. The number of carbonyl (C=O) groups is 1. The third-order valence-corrected chi connectivity index (χ3v) is 6.11. The minimum absolute atomic E-state index is 0.107. The first kappa shape index (κ1) is 16.2. The van der Waals surface area contributed by atoms with E-state index < -0.39 is 0 Å². The first-order valence-electron chi connectivity index (χ1n) is 9.10. The number of Topliss-reactive ketones (excluding diaryl/α,β-unsaturated/α-hetero) is 1. The highest BCUT2D eigenvalue weighted by Crippen LogP contribution is 2.51. The maximum atomic E-state index is 12.7. The molecule has 0 aliphatic heterocycles. The number of phenols is 1. The molecule has 0 radical (unpaired) electrons. The third-order valence-electron chi connectivity index (χ3n) is 6.11. The lowest BCUT2D eigenvalue weighted by Crippen LogP contribution is -2.48. The fourth-order valence-electron chi connectivity index (χ4n) is 4.97. The van der Waals surface area contributed by atoms with Gasteiger partial charge in [-0.15, -0.1) is 0 Å². The molecule has 0 heterocycles. The second kappa shape index (κ2) is 6.21. The molecule has 1 N–H and O–H groups in total. The minimum atomic E-state index is -0.119. The summed E-state index contributed by atoms with van der Waals surface area (Å²) in [6, 6.07) is 13.8. The Hall–Kier alpha value is -2.29. The van der Waals surface area contributed by atoms with Gasteiger partial charge < -0.3 is 9.84 Å². The molecule has 0 amide bonds. The van der Waals surface area contributed by atoms with Crippen LogP contribution in [0.25, 0.3) is 0 Å². The number of hydrogen-bond acceptors (Lipinski definition) is 3. The number of rotatable bonds is 3. The number of ether oxygens (including phenoxy) is 1. The molecule has 3 nitrogen and oxygen atoms in total. The van der Waals surface area contributed by atoms with E-state index in [1.807, 2.05) is 18.2 Å². The lowest BCUT2D eigenvalue weighted by molar-refractivity contribution is -0.128. The number of fused-ring (bicyclic) bond motifs is 3. The normalized spacial score (nSPS) is 25.2. The summed E-state index contributed by atoms with van der Waals surface area (Å²) in [5, 5.41) is 9.58. The molecule has 2 atom stereocenters. The van der Waals surface area contributed by atoms with Crippen LogP contribution in [-0.4, -0.2) is 18.0 Å². The van der Waals surface area contributed by atoms with Gasteiger partial charge in [0.05, 0.1) is 7.11 Å². The molecule has 2 aromatic carbocycles. The predicted molar refractivity (Wildman–Crippen MR) is 97.2 cm³/mol. The molecular weight excluding hydrogens is 312 g/mol. The second-order valence-corrected chi connectivity index (χ2v) is 7.43. The van der Waals surface area contributed by atoms with Gasteiger partial charge in [-0.3, -0.25) is 4.79 Å². The highest BCUT2D eigenvalue weighted by molar-refractivity contribution is 5.84. The smallest absolute Gasteiger partial charge is 0.136 e. The first-order valence-corrected chi connectivity index (χ1v) is 9.10. The average Bonchev–Trinajstić information content (AvgIpc) is 2.63. The first-order chi connectivity index (χ1) is 12.1. The summed E-state index contributed by atoms with van der Waals surface area (Å²) in [5.74, 6) is 1.70. The molecule has 2 aliphatic rings. The molecule has 0 saturated heterocycles. The van der Waals surface area contributed by atoms with Gasteiger partial charge in [-0.2, -0.15) is 0 Å². The number of carbonyl (C=O) groups excluding carboxylic acids is 1. The maximum absolute atomic E-state index is 12.7. The lowest BCUT2D eigenvalue weighted by Gasteiger charge is -2.48. The van der Waals surface area contributed by atoms with Crippen LogP contribution in [0.4, 0.5) is 0 Å². The number of ketones is 1. The molecule has 1 fully saturated rings. The number of aromatic hydroxyl groups is 1. The van der Waals surface area contributed by atoms with Crippen LogP contribution in [0.3, 0.4) is 0 Å². The van der Waals surface area contributed by atoms with Gasteiger partial charge in [0.15, 0.2) is 0 Å². The Morgan fingerprint density at radius 3 is 2.72 bits per heavy atom. The molecule has 2 aromatic rings. The molecular formula is C22H24O3. The zero-order chi connectivity index (χ0) is 17.4. The lowest BCUT2D eigenvalue weighted by atomic mass is 9.55. The van der Waals surface area contributed by atoms with Crippen LogP contribution in [-0.2, 0) is 23.1 Å². The van der Waals surface area contributed by atoms with Crippen LogP contribution >= 0.6 is 0 Å². The number of methoxy groups -OCH3 is 1. The molecule has 3 heteroatoms. The maximum Gasteiger partial charge on any atom is 0.136 e. The summed E-state index contributed by atoms with van der Waals surface area (Å²) in [6.07, 6.45) is 5.44. The molecule has 2 unspecified atom stereocenters. The number of hydrogen-bond donors (Lipinski definition) is 1. The molecule has 0 aromatic heterocycles. The van der Waals surface area contributed by atoms with Crippen molar-refractivity contribution >= 4 is 5.78 Å².